The topological polar surface area (TPSA) is 54.9 Å². The van der Waals surface area contributed by atoms with Gasteiger partial charge in [0.1, 0.15) is 17.1 Å². The summed E-state index contributed by atoms with van der Waals surface area (Å²) in [7, 11) is 1.53. The number of nitrogens with zero attached hydrogens (tertiary/aromatic N) is 3. The van der Waals surface area contributed by atoms with Crippen molar-refractivity contribution in [2.45, 2.75) is 6.42 Å². The van der Waals surface area contributed by atoms with Crippen LogP contribution in [0.15, 0.2) is 48.5 Å². The van der Waals surface area contributed by atoms with Gasteiger partial charge in [-0.2, -0.15) is 0 Å². The molecule has 0 atom stereocenters. The molecule has 1 aromatic heterocycles. The number of hydrogen-bond acceptors (Lipinski definition) is 6. The summed E-state index contributed by atoms with van der Waals surface area (Å²) in [6, 6.07) is 13.4. The molecular weight excluding hydrogens is 508 g/mol. The van der Waals surface area contributed by atoms with Crippen molar-refractivity contribution in [2.75, 3.05) is 51.4 Å². The van der Waals surface area contributed by atoms with Crippen molar-refractivity contribution in [2.24, 2.45) is 0 Å². The van der Waals surface area contributed by atoms with Crippen molar-refractivity contribution in [3.63, 3.8) is 0 Å². The summed E-state index contributed by atoms with van der Waals surface area (Å²) in [6.45, 7) is 4.24. The van der Waals surface area contributed by atoms with E-state index in [9.17, 15) is 13.6 Å². The fourth-order valence-corrected chi connectivity index (χ4v) is 5.35. The van der Waals surface area contributed by atoms with Gasteiger partial charge in [-0.15, -0.1) is 12.4 Å². The van der Waals surface area contributed by atoms with Crippen LogP contribution in [0.25, 0.3) is 21.0 Å². The Kier molecular flexibility index (Phi) is 8.35. The van der Waals surface area contributed by atoms with Crippen LogP contribution in [0.3, 0.4) is 0 Å². The lowest BCUT2D eigenvalue weighted by atomic mass is 10.0. The standard InChI is InChI=1S/C26H25F2N3O3S.ClH/c1-33-22-14-18-6-3-2-5-17(18)13-20(22)25(32)31(8-4-7-30-9-11-34-12-10-30)26-29-24-21(28)15-19(27)16-23(24)35-26;/h2-3,5-6,13-16H,4,7-12H2,1H3;1H. The first-order valence-corrected chi connectivity index (χ1v) is 12.3. The first-order chi connectivity index (χ1) is 17.0. The van der Waals surface area contributed by atoms with Crippen molar-refractivity contribution in [1.82, 2.24) is 9.88 Å². The zero-order chi connectivity index (χ0) is 24.4. The predicted octanol–water partition coefficient (Wildman–Crippen LogP) is 5.53. The van der Waals surface area contributed by atoms with E-state index in [0.29, 0.717) is 47.3 Å². The van der Waals surface area contributed by atoms with Crippen molar-refractivity contribution < 1.29 is 23.0 Å². The van der Waals surface area contributed by atoms with Gasteiger partial charge < -0.3 is 9.47 Å². The van der Waals surface area contributed by atoms with Gasteiger partial charge in [-0.25, -0.2) is 13.8 Å². The second kappa shape index (κ2) is 11.5. The lowest BCUT2D eigenvalue weighted by Gasteiger charge is -2.28. The largest absolute Gasteiger partial charge is 0.496 e. The second-order valence-corrected chi connectivity index (χ2v) is 9.40. The van der Waals surface area contributed by atoms with Crippen LogP contribution in [0.2, 0.25) is 0 Å². The minimum atomic E-state index is -0.744. The number of halogens is 3. The maximum absolute atomic E-state index is 14.4. The van der Waals surface area contributed by atoms with E-state index in [1.807, 2.05) is 30.3 Å². The van der Waals surface area contributed by atoms with Crippen LogP contribution in [0.4, 0.5) is 13.9 Å². The highest BCUT2D eigenvalue weighted by molar-refractivity contribution is 7.22. The van der Waals surface area contributed by atoms with E-state index >= 15 is 0 Å². The molecule has 0 bridgehead atoms. The summed E-state index contributed by atoms with van der Waals surface area (Å²) < 4.78 is 39.5. The number of anilines is 1. The van der Waals surface area contributed by atoms with Gasteiger partial charge in [-0.3, -0.25) is 14.6 Å². The number of amides is 1. The lowest BCUT2D eigenvalue weighted by molar-refractivity contribution is 0.0376. The molecule has 190 valence electrons. The summed E-state index contributed by atoms with van der Waals surface area (Å²) in [4.78, 5) is 22.1. The van der Waals surface area contributed by atoms with E-state index < -0.39 is 11.6 Å². The second-order valence-electron chi connectivity index (χ2n) is 8.39. The number of rotatable bonds is 7. The highest BCUT2D eigenvalue weighted by Gasteiger charge is 2.26. The SMILES string of the molecule is COc1cc2ccccc2cc1C(=O)N(CCCN1CCOCC1)c1nc2c(F)cc(F)cc2s1.Cl. The number of methoxy groups -OCH3 is 1. The number of morpholine rings is 1. The predicted molar refractivity (Wildman–Crippen MR) is 141 cm³/mol. The smallest absolute Gasteiger partial charge is 0.263 e. The number of ether oxygens (including phenoxy) is 2. The molecule has 1 aliphatic rings. The number of hydrogen-bond donors (Lipinski definition) is 0. The molecule has 3 aromatic carbocycles. The Hall–Kier alpha value is -2.85. The molecule has 6 nitrogen and oxygen atoms in total. The van der Waals surface area contributed by atoms with Gasteiger partial charge in [-0.05, 0) is 35.4 Å². The molecule has 4 aromatic rings. The first kappa shape index (κ1) is 26.2. The normalized spacial score (nSPS) is 14.1. The minimum absolute atomic E-state index is 0. The van der Waals surface area contributed by atoms with Crippen molar-refractivity contribution in [1.29, 1.82) is 0 Å². The Morgan fingerprint density at radius 2 is 1.86 bits per heavy atom. The molecule has 1 amide bonds. The molecule has 0 aliphatic carbocycles. The van der Waals surface area contributed by atoms with Crippen LogP contribution in [0, 0.1) is 11.6 Å². The zero-order valence-corrected chi connectivity index (χ0v) is 21.3. The zero-order valence-electron chi connectivity index (χ0n) is 19.7. The van der Waals surface area contributed by atoms with Gasteiger partial charge in [0.15, 0.2) is 10.9 Å². The molecule has 0 radical (unpaired) electrons. The number of carbonyl (C=O) groups excluding carboxylic acids is 1. The summed E-state index contributed by atoms with van der Waals surface area (Å²) in [5.41, 5.74) is 0.450. The minimum Gasteiger partial charge on any atom is -0.496 e. The Morgan fingerprint density at radius 3 is 2.58 bits per heavy atom. The van der Waals surface area contributed by atoms with Gasteiger partial charge in [-0.1, -0.05) is 35.6 Å². The lowest BCUT2D eigenvalue weighted by Crippen LogP contribution is -2.39. The molecular formula is C26H26ClF2N3O3S. The molecule has 10 heteroatoms. The van der Waals surface area contributed by atoms with Crippen LogP contribution in [0.5, 0.6) is 5.75 Å². The average molecular weight is 534 g/mol. The highest BCUT2D eigenvalue weighted by atomic mass is 35.5. The molecule has 5 rings (SSSR count). The van der Waals surface area contributed by atoms with Crippen LogP contribution in [-0.4, -0.2) is 62.3 Å². The van der Waals surface area contributed by atoms with Gasteiger partial charge >= 0.3 is 0 Å². The monoisotopic (exact) mass is 533 g/mol. The molecule has 2 heterocycles. The van der Waals surface area contributed by atoms with Crippen molar-refractivity contribution in [3.8, 4) is 5.75 Å². The van der Waals surface area contributed by atoms with E-state index in [0.717, 1.165) is 47.8 Å². The van der Waals surface area contributed by atoms with E-state index in [1.165, 1.54) is 13.2 Å². The Labute approximate surface area is 217 Å². The third-order valence-corrected chi connectivity index (χ3v) is 7.16. The van der Waals surface area contributed by atoms with Crippen LogP contribution < -0.4 is 9.64 Å². The molecule has 0 saturated carbocycles. The van der Waals surface area contributed by atoms with E-state index in [2.05, 4.69) is 9.88 Å². The molecule has 1 fully saturated rings. The fourth-order valence-electron chi connectivity index (χ4n) is 4.32. The number of aromatic nitrogens is 1. The fraction of sp³-hybridized carbons (Fsp3) is 0.308. The Balaban J connectivity index is 0.00000304. The van der Waals surface area contributed by atoms with Crippen LogP contribution in [-0.2, 0) is 4.74 Å². The van der Waals surface area contributed by atoms with Crippen molar-refractivity contribution >= 4 is 55.8 Å². The average Bonchev–Trinajstić information content (AvgIpc) is 3.30. The van der Waals surface area contributed by atoms with Gasteiger partial charge in [0.25, 0.3) is 5.91 Å². The van der Waals surface area contributed by atoms with Gasteiger partial charge in [0, 0.05) is 32.2 Å². The van der Waals surface area contributed by atoms with E-state index in [4.69, 9.17) is 9.47 Å². The maximum Gasteiger partial charge on any atom is 0.263 e. The number of thiazole rings is 1. The number of carbonyl (C=O) groups is 1. The molecule has 1 saturated heterocycles. The summed E-state index contributed by atoms with van der Waals surface area (Å²) in [5.74, 6) is -1.27. The Morgan fingerprint density at radius 1 is 1.14 bits per heavy atom. The molecule has 0 N–H and O–H groups in total. The third kappa shape index (κ3) is 5.44. The highest BCUT2D eigenvalue weighted by Crippen LogP contribution is 2.34. The molecule has 0 unspecified atom stereocenters. The number of fused-ring (bicyclic) bond motifs is 2. The first-order valence-electron chi connectivity index (χ1n) is 11.5. The van der Waals surface area contributed by atoms with E-state index in [-0.39, 0.29) is 23.8 Å². The van der Waals surface area contributed by atoms with Crippen LogP contribution in [0.1, 0.15) is 16.8 Å². The molecule has 1 aliphatic heterocycles. The van der Waals surface area contributed by atoms with Gasteiger partial charge in [0.05, 0.1) is 30.6 Å². The van der Waals surface area contributed by atoms with Crippen molar-refractivity contribution in [3.05, 3.63) is 65.7 Å². The quantitative estimate of drug-likeness (QED) is 0.313. The number of benzene rings is 3. The third-order valence-electron chi connectivity index (χ3n) is 6.14. The van der Waals surface area contributed by atoms with E-state index in [1.54, 1.807) is 11.0 Å². The van der Waals surface area contributed by atoms with Crippen LogP contribution >= 0.6 is 23.7 Å². The summed E-state index contributed by atoms with van der Waals surface area (Å²) in [6.07, 6.45) is 0.689. The van der Waals surface area contributed by atoms with Gasteiger partial charge in [0.2, 0.25) is 0 Å². The summed E-state index contributed by atoms with van der Waals surface area (Å²) in [5, 5.41) is 2.19. The summed E-state index contributed by atoms with van der Waals surface area (Å²) >= 11 is 1.10. The molecule has 0 spiro atoms. The maximum atomic E-state index is 14.4. The molecule has 36 heavy (non-hydrogen) atoms. The Bertz CT molecular complexity index is 1380.